The third-order valence-corrected chi connectivity index (χ3v) is 5.34. The van der Waals surface area contributed by atoms with E-state index in [1.807, 2.05) is 24.3 Å². The van der Waals surface area contributed by atoms with Crippen LogP contribution in [-0.2, 0) is 0 Å². The number of nitrogens with zero attached hydrogens (tertiary/aromatic N) is 3. The van der Waals surface area contributed by atoms with Crippen molar-refractivity contribution in [1.82, 2.24) is 14.6 Å². The summed E-state index contributed by atoms with van der Waals surface area (Å²) in [6, 6.07) is 11.2. The fraction of sp³-hybridized carbons (Fsp3) is 0.286. The Labute approximate surface area is 166 Å². The smallest absolute Gasteiger partial charge is 0.291 e. The van der Waals surface area contributed by atoms with E-state index >= 15 is 0 Å². The van der Waals surface area contributed by atoms with Gasteiger partial charge in [0.25, 0.3) is 5.56 Å². The molecule has 0 bridgehead atoms. The van der Waals surface area contributed by atoms with Crippen LogP contribution in [0.5, 0.6) is 5.75 Å². The number of hydrogen-bond donors (Lipinski definition) is 0. The first kappa shape index (κ1) is 18.4. The molecule has 3 aromatic heterocycles. The molecule has 0 saturated heterocycles. The van der Waals surface area contributed by atoms with Gasteiger partial charge in [-0.25, -0.2) is 0 Å². The molecule has 0 amide bonds. The highest BCUT2D eigenvalue weighted by atomic mass is 32.1. The van der Waals surface area contributed by atoms with Gasteiger partial charge in [0.1, 0.15) is 16.0 Å². The first-order chi connectivity index (χ1) is 13.7. The Bertz CT molecular complexity index is 1140. The van der Waals surface area contributed by atoms with Crippen molar-refractivity contribution in [2.45, 2.75) is 32.6 Å². The summed E-state index contributed by atoms with van der Waals surface area (Å²) >= 11 is 1.29. The minimum atomic E-state index is -0.192. The van der Waals surface area contributed by atoms with Gasteiger partial charge >= 0.3 is 0 Å². The van der Waals surface area contributed by atoms with Gasteiger partial charge in [-0.1, -0.05) is 37.5 Å². The molecule has 6 nitrogen and oxygen atoms in total. The minimum Gasteiger partial charge on any atom is -0.494 e. The Balaban J connectivity index is 1.49. The molecule has 0 fully saturated rings. The average molecular weight is 395 g/mol. The first-order valence-electron chi connectivity index (χ1n) is 9.42. The molecule has 0 aliphatic rings. The van der Waals surface area contributed by atoms with E-state index < -0.39 is 0 Å². The van der Waals surface area contributed by atoms with Gasteiger partial charge < -0.3 is 9.15 Å². The predicted molar refractivity (Wildman–Crippen MR) is 110 cm³/mol. The van der Waals surface area contributed by atoms with Crippen molar-refractivity contribution in [3.63, 3.8) is 0 Å². The number of furan rings is 1. The van der Waals surface area contributed by atoms with Gasteiger partial charge in [-0.05, 0) is 42.8 Å². The summed E-state index contributed by atoms with van der Waals surface area (Å²) in [6.07, 6.45) is 8.00. The topological polar surface area (TPSA) is 69.6 Å². The molecule has 1 aromatic carbocycles. The van der Waals surface area contributed by atoms with Gasteiger partial charge in [0.2, 0.25) is 4.96 Å². The second-order valence-corrected chi connectivity index (χ2v) is 7.50. The van der Waals surface area contributed by atoms with Crippen molar-refractivity contribution < 1.29 is 9.15 Å². The number of benzene rings is 1. The van der Waals surface area contributed by atoms with E-state index in [2.05, 4.69) is 17.0 Å². The number of aromatic nitrogens is 3. The maximum absolute atomic E-state index is 12.5. The Morgan fingerprint density at radius 3 is 2.75 bits per heavy atom. The van der Waals surface area contributed by atoms with E-state index in [0.717, 1.165) is 24.3 Å². The lowest BCUT2D eigenvalue weighted by atomic mass is 10.2. The van der Waals surface area contributed by atoms with Crippen LogP contribution in [0.25, 0.3) is 22.4 Å². The zero-order valence-electron chi connectivity index (χ0n) is 15.6. The van der Waals surface area contributed by atoms with Crippen LogP contribution in [-0.4, -0.2) is 21.2 Å². The van der Waals surface area contributed by atoms with Crippen LogP contribution in [0, 0.1) is 0 Å². The van der Waals surface area contributed by atoms with Crippen molar-refractivity contribution >= 4 is 22.4 Å². The molecule has 4 aromatic rings. The summed E-state index contributed by atoms with van der Waals surface area (Å²) in [6.45, 7) is 2.92. The zero-order chi connectivity index (χ0) is 19.3. The van der Waals surface area contributed by atoms with E-state index in [-0.39, 0.29) is 5.56 Å². The highest BCUT2D eigenvalue weighted by Crippen LogP contribution is 2.20. The lowest BCUT2D eigenvalue weighted by molar-refractivity contribution is 0.305. The Morgan fingerprint density at radius 1 is 1.18 bits per heavy atom. The van der Waals surface area contributed by atoms with Crippen molar-refractivity contribution in [1.29, 1.82) is 0 Å². The van der Waals surface area contributed by atoms with Crippen LogP contribution in [0.1, 0.15) is 38.4 Å². The largest absolute Gasteiger partial charge is 0.494 e. The predicted octanol–water partition coefficient (Wildman–Crippen LogP) is 3.92. The molecule has 0 N–H and O–H groups in total. The monoisotopic (exact) mass is 395 g/mol. The normalized spacial score (nSPS) is 12.1. The molecule has 0 spiro atoms. The van der Waals surface area contributed by atoms with E-state index in [0.29, 0.717) is 21.1 Å². The fourth-order valence-electron chi connectivity index (χ4n) is 2.88. The molecule has 0 radical (unpaired) electrons. The average Bonchev–Trinajstić information content (AvgIpc) is 3.42. The fourth-order valence-corrected chi connectivity index (χ4v) is 3.77. The highest BCUT2D eigenvalue weighted by molar-refractivity contribution is 7.15. The number of thiazole rings is 1. The molecule has 0 atom stereocenters. The number of ether oxygens (including phenoxy) is 1. The van der Waals surface area contributed by atoms with Gasteiger partial charge in [0, 0.05) is 11.6 Å². The number of rotatable bonds is 8. The van der Waals surface area contributed by atoms with Crippen molar-refractivity contribution in [2.24, 2.45) is 0 Å². The molecule has 144 valence electrons. The van der Waals surface area contributed by atoms with Crippen LogP contribution in [0.3, 0.4) is 0 Å². The van der Waals surface area contributed by atoms with Crippen LogP contribution in [0.15, 0.2) is 51.9 Å². The van der Waals surface area contributed by atoms with E-state index in [4.69, 9.17) is 9.15 Å². The summed E-state index contributed by atoms with van der Waals surface area (Å²) in [4.78, 5) is 17.6. The van der Waals surface area contributed by atoms with Crippen LogP contribution in [0.2, 0.25) is 0 Å². The molecule has 28 heavy (non-hydrogen) atoms. The van der Waals surface area contributed by atoms with Crippen LogP contribution in [0.4, 0.5) is 0 Å². The Kier molecular flexibility index (Phi) is 5.53. The van der Waals surface area contributed by atoms with E-state index in [1.165, 1.54) is 35.1 Å². The molecule has 4 rings (SSSR count). The second kappa shape index (κ2) is 8.39. The standard InChI is InChI=1S/C21H21N3O3S/c1-2-3-4-5-12-26-16-10-8-15(9-11-16)19-22-21-24(23-19)20(25)18(28-21)14-17-7-6-13-27-17/h6-11,13-14H,2-5,12H2,1H3/b18-14-. The molecule has 3 heterocycles. The minimum absolute atomic E-state index is 0.192. The second-order valence-electron chi connectivity index (χ2n) is 6.49. The summed E-state index contributed by atoms with van der Waals surface area (Å²) < 4.78 is 12.9. The Hall–Kier alpha value is -2.93. The van der Waals surface area contributed by atoms with Crippen LogP contribution >= 0.6 is 11.3 Å². The number of hydrogen-bond acceptors (Lipinski definition) is 6. The molecule has 7 heteroatoms. The van der Waals surface area contributed by atoms with Gasteiger partial charge in [0.05, 0.1) is 12.9 Å². The maximum atomic E-state index is 12.5. The summed E-state index contributed by atoms with van der Waals surface area (Å²) in [5.41, 5.74) is 0.660. The number of fused-ring (bicyclic) bond motifs is 1. The van der Waals surface area contributed by atoms with Gasteiger partial charge in [-0.3, -0.25) is 4.79 Å². The molecule has 0 unspecified atom stereocenters. The van der Waals surface area contributed by atoms with Crippen molar-refractivity contribution in [2.75, 3.05) is 6.61 Å². The highest BCUT2D eigenvalue weighted by Gasteiger charge is 2.12. The molecule has 0 aliphatic carbocycles. The summed E-state index contributed by atoms with van der Waals surface area (Å²) in [5, 5.41) is 4.37. The van der Waals surface area contributed by atoms with Gasteiger partial charge in [-0.15, -0.1) is 5.10 Å². The van der Waals surface area contributed by atoms with Gasteiger partial charge in [0.15, 0.2) is 5.82 Å². The first-order valence-corrected chi connectivity index (χ1v) is 10.2. The SMILES string of the molecule is CCCCCCOc1ccc(-c2nc3s/c(=C\c4ccco4)c(=O)n3n2)cc1. The third-order valence-electron chi connectivity index (χ3n) is 4.38. The maximum Gasteiger partial charge on any atom is 0.291 e. The molecular formula is C21H21N3O3S. The molecule has 0 saturated carbocycles. The lowest BCUT2D eigenvalue weighted by Crippen LogP contribution is -2.23. The summed E-state index contributed by atoms with van der Waals surface area (Å²) in [5.74, 6) is 2.00. The zero-order valence-corrected chi connectivity index (χ0v) is 16.4. The third kappa shape index (κ3) is 3.99. The quantitative estimate of drug-likeness (QED) is 0.423. The van der Waals surface area contributed by atoms with Crippen molar-refractivity contribution in [3.05, 3.63) is 63.3 Å². The van der Waals surface area contributed by atoms with Crippen LogP contribution < -0.4 is 14.8 Å². The van der Waals surface area contributed by atoms with Crippen molar-refractivity contribution in [3.8, 4) is 17.1 Å². The molecular weight excluding hydrogens is 374 g/mol. The van der Waals surface area contributed by atoms with E-state index in [1.54, 1.807) is 24.5 Å². The lowest BCUT2D eigenvalue weighted by Gasteiger charge is -2.06. The summed E-state index contributed by atoms with van der Waals surface area (Å²) in [7, 11) is 0. The van der Waals surface area contributed by atoms with Gasteiger partial charge in [-0.2, -0.15) is 9.50 Å². The Morgan fingerprint density at radius 2 is 2.04 bits per heavy atom. The molecule has 0 aliphatic heterocycles. The van der Waals surface area contributed by atoms with E-state index in [9.17, 15) is 4.79 Å². The number of unbranched alkanes of at least 4 members (excludes halogenated alkanes) is 3.